The number of nitrogens with one attached hydrogen (secondary N) is 1. The Balaban J connectivity index is 2.65. The van der Waals surface area contributed by atoms with E-state index in [1.165, 1.54) is 0 Å². The van der Waals surface area contributed by atoms with Gasteiger partial charge in [0, 0.05) is 37.1 Å². The van der Waals surface area contributed by atoms with Crippen LogP contribution in [0.1, 0.15) is 30.3 Å². The van der Waals surface area contributed by atoms with E-state index in [2.05, 4.69) is 10.4 Å². The minimum absolute atomic E-state index is 0.0380. The quantitative estimate of drug-likeness (QED) is 0.762. The first-order chi connectivity index (χ1) is 9.90. The Labute approximate surface area is 131 Å². The molecule has 2 unspecified atom stereocenters. The van der Waals surface area contributed by atoms with E-state index in [-0.39, 0.29) is 24.5 Å². The van der Waals surface area contributed by atoms with Crippen molar-refractivity contribution in [3.63, 3.8) is 0 Å². The highest BCUT2D eigenvalue weighted by Gasteiger charge is 2.20. The normalized spacial score (nSPS) is 14.0. The molecule has 0 spiro atoms. The van der Waals surface area contributed by atoms with Crippen LogP contribution in [0.4, 0.5) is 0 Å². The second-order valence-electron chi connectivity index (χ2n) is 5.55. The van der Waals surface area contributed by atoms with Crippen LogP contribution in [0.5, 0.6) is 0 Å². The van der Waals surface area contributed by atoms with E-state index in [1.807, 2.05) is 38.8 Å². The van der Waals surface area contributed by atoms with Gasteiger partial charge in [-0.1, -0.05) is 6.92 Å². The second-order valence-corrected chi connectivity index (χ2v) is 6.46. The number of aliphatic hydroxyl groups excluding tert-OH is 1. The molecule has 0 radical (unpaired) electrons. The fourth-order valence-corrected chi connectivity index (χ4v) is 3.06. The van der Waals surface area contributed by atoms with Crippen molar-refractivity contribution in [2.24, 2.45) is 13.0 Å². The molecule has 120 valence electrons. The summed E-state index contributed by atoms with van der Waals surface area (Å²) in [5.41, 5.74) is 3.26. The number of carbonyl (C=O) groups is 1. The molecule has 0 fully saturated rings. The molecule has 0 aromatic carbocycles. The molecule has 5 nitrogen and oxygen atoms in total. The van der Waals surface area contributed by atoms with E-state index in [1.54, 1.807) is 11.8 Å². The van der Waals surface area contributed by atoms with Crippen molar-refractivity contribution in [2.75, 3.05) is 18.6 Å². The van der Waals surface area contributed by atoms with Crippen LogP contribution in [0, 0.1) is 19.8 Å². The lowest BCUT2D eigenvalue weighted by atomic mass is 9.98. The van der Waals surface area contributed by atoms with Gasteiger partial charge in [-0.2, -0.15) is 16.9 Å². The molecule has 1 amide bonds. The monoisotopic (exact) mass is 313 g/mol. The standard InChI is InChI=1S/C15H27N3O2S/c1-10(8-14-11(2)17-18(4)12(14)3)15(20)16-13(6-7-19)9-21-5/h10,13,19H,6-9H2,1-5H3,(H,16,20). The molecule has 1 heterocycles. The van der Waals surface area contributed by atoms with E-state index in [4.69, 9.17) is 5.11 Å². The maximum atomic E-state index is 12.3. The highest BCUT2D eigenvalue weighted by Crippen LogP contribution is 2.17. The van der Waals surface area contributed by atoms with Gasteiger partial charge in [-0.15, -0.1) is 0 Å². The number of hydrogen-bond donors (Lipinski definition) is 2. The van der Waals surface area contributed by atoms with E-state index in [0.29, 0.717) is 12.8 Å². The lowest BCUT2D eigenvalue weighted by Crippen LogP contribution is -2.40. The first-order valence-electron chi connectivity index (χ1n) is 7.29. The van der Waals surface area contributed by atoms with Crippen molar-refractivity contribution < 1.29 is 9.90 Å². The Morgan fingerprint density at radius 1 is 1.48 bits per heavy atom. The molecule has 0 aliphatic heterocycles. The summed E-state index contributed by atoms with van der Waals surface area (Å²) in [5, 5.41) is 16.5. The molecule has 1 rings (SSSR count). The maximum Gasteiger partial charge on any atom is 0.223 e. The molecular weight excluding hydrogens is 286 g/mol. The van der Waals surface area contributed by atoms with Gasteiger partial charge in [-0.05, 0) is 38.5 Å². The fourth-order valence-electron chi connectivity index (χ4n) is 2.41. The number of aromatic nitrogens is 2. The van der Waals surface area contributed by atoms with Gasteiger partial charge < -0.3 is 10.4 Å². The van der Waals surface area contributed by atoms with Gasteiger partial charge in [0.1, 0.15) is 0 Å². The second kappa shape index (κ2) is 8.44. The number of hydrogen-bond acceptors (Lipinski definition) is 4. The summed E-state index contributed by atoms with van der Waals surface area (Å²) < 4.78 is 1.86. The molecule has 1 aromatic rings. The van der Waals surface area contributed by atoms with Crippen molar-refractivity contribution in [3.05, 3.63) is 17.0 Å². The summed E-state index contributed by atoms with van der Waals surface area (Å²) in [6.07, 6.45) is 3.30. The number of amides is 1. The third kappa shape index (κ3) is 5.04. The zero-order valence-corrected chi connectivity index (χ0v) is 14.5. The Morgan fingerprint density at radius 3 is 2.62 bits per heavy atom. The maximum absolute atomic E-state index is 12.3. The van der Waals surface area contributed by atoms with Crippen molar-refractivity contribution in [1.29, 1.82) is 0 Å². The topological polar surface area (TPSA) is 67.2 Å². The molecule has 0 aliphatic carbocycles. The summed E-state index contributed by atoms with van der Waals surface area (Å²) in [6.45, 7) is 6.05. The number of rotatable bonds is 8. The molecule has 0 bridgehead atoms. The smallest absolute Gasteiger partial charge is 0.223 e. The largest absolute Gasteiger partial charge is 0.396 e. The molecular formula is C15H27N3O2S. The SMILES string of the molecule is CSCC(CCO)NC(=O)C(C)Cc1c(C)nn(C)c1C. The van der Waals surface area contributed by atoms with Gasteiger partial charge >= 0.3 is 0 Å². The lowest BCUT2D eigenvalue weighted by molar-refractivity contribution is -0.125. The molecule has 1 aromatic heterocycles. The van der Waals surface area contributed by atoms with Crippen molar-refractivity contribution >= 4 is 17.7 Å². The van der Waals surface area contributed by atoms with Gasteiger partial charge in [-0.25, -0.2) is 0 Å². The van der Waals surface area contributed by atoms with Gasteiger partial charge in [0.25, 0.3) is 0 Å². The van der Waals surface area contributed by atoms with Crippen LogP contribution in [0.2, 0.25) is 0 Å². The van der Waals surface area contributed by atoms with E-state index < -0.39 is 0 Å². The summed E-state index contributed by atoms with van der Waals surface area (Å²) in [7, 11) is 1.92. The van der Waals surface area contributed by atoms with Gasteiger partial charge in [0.05, 0.1) is 5.69 Å². The minimum Gasteiger partial charge on any atom is -0.396 e. The molecule has 0 saturated carbocycles. The Bertz CT molecular complexity index is 468. The van der Waals surface area contributed by atoms with Crippen LogP contribution >= 0.6 is 11.8 Å². The highest BCUT2D eigenvalue weighted by molar-refractivity contribution is 7.98. The number of nitrogens with zero attached hydrogens (tertiary/aromatic N) is 2. The molecule has 21 heavy (non-hydrogen) atoms. The van der Waals surface area contributed by atoms with Crippen LogP contribution in [-0.4, -0.2) is 45.5 Å². The van der Waals surface area contributed by atoms with Crippen LogP contribution in [0.3, 0.4) is 0 Å². The first-order valence-corrected chi connectivity index (χ1v) is 8.69. The number of thioether (sulfide) groups is 1. The van der Waals surface area contributed by atoms with Gasteiger partial charge in [0.2, 0.25) is 5.91 Å². The zero-order chi connectivity index (χ0) is 16.0. The van der Waals surface area contributed by atoms with Gasteiger partial charge in [0.15, 0.2) is 0 Å². The first kappa shape index (κ1) is 18.0. The van der Waals surface area contributed by atoms with E-state index >= 15 is 0 Å². The summed E-state index contributed by atoms with van der Waals surface area (Å²) in [5.74, 6) is 0.768. The number of aryl methyl sites for hydroxylation is 2. The minimum atomic E-state index is -0.102. The molecule has 2 N–H and O–H groups in total. The lowest BCUT2D eigenvalue weighted by Gasteiger charge is -2.20. The summed E-state index contributed by atoms with van der Waals surface area (Å²) in [4.78, 5) is 12.3. The fraction of sp³-hybridized carbons (Fsp3) is 0.733. The van der Waals surface area contributed by atoms with Gasteiger partial charge in [-0.3, -0.25) is 9.48 Å². The average molecular weight is 313 g/mol. The third-order valence-electron chi connectivity index (χ3n) is 3.81. The van der Waals surface area contributed by atoms with Crippen LogP contribution < -0.4 is 5.32 Å². The zero-order valence-electron chi connectivity index (χ0n) is 13.6. The van der Waals surface area contributed by atoms with E-state index in [9.17, 15) is 4.79 Å². The number of aliphatic hydroxyl groups is 1. The van der Waals surface area contributed by atoms with Crippen LogP contribution in [0.15, 0.2) is 0 Å². The Hall–Kier alpha value is -1.01. The van der Waals surface area contributed by atoms with Crippen molar-refractivity contribution in [1.82, 2.24) is 15.1 Å². The summed E-state index contributed by atoms with van der Waals surface area (Å²) in [6, 6.07) is 0.0380. The molecule has 2 atom stereocenters. The van der Waals surface area contributed by atoms with Crippen molar-refractivity contribution in [3.8, 4) is 0 Å². The predicted octanol–water partition coefficient (Wildman–Crippen LogP) is 1.45. The van der Waals surface area contributed by atoms with Crippen LogP contribution in [0.25, 0.3) is 0 Å². The predicted molar refractivity (Wildman–Crippen MR) is 87.6 cm³/mol. The van der Waals surface area contributed by atoms with Crippen molar-refractivity contribution in [2.45, 2.75) is 39.7 Å². The summed E-state index contributed by atoms with van der Waals surface area (Å²) >= 11 is 1.68. The average Bonchev–Trinajstić information content (AvgIpc) is 2.65. The molecule has 6 heteroatoms. The Kier molecular flexibility index (Phi) is 7.25. The van der Waals surface area contributed by atoms with Crippen LogP contribution in [-0.2, 0) is 18.3 Å². The molecule has 0 aliphatic rings. The highest BCUT2D eigenvalue weighted by atomic mass is 32.2. The number of carbonyl (C=O) groups excluding carboxylic acids is 1. The van der Waals surface area contributed by atoms with E-state index in [0.717, 1.165) is 22.7 Å². The molecule has 0 saturated heterocycles. The third-order valence-corrected chi connectivity index (χ3v) is 4.54. The Morgan fingerprint density at radius 2 is 2.14 bits per heavy atom.